The van der Waals surface area contributed by atoms with E-state index in [1.807, 2.05) is 12.1 Å². The molecule has 0 spiro atoms. The molecule has 0 aromatic heterocycles. The maximum absolute atomic E-state index is 14.2. The Kier molecular flexibility index (Phi) is 4.59. The van der Waals surface area contributed by atoms with Crippen LogP contribution < -0.4 is 10.1 Å². The second kappa shape index (κ2) is 6.19. The van der Waals surface area contributed by atoms with Gasteiger partial charge in [-0.3, -0.25) is 0 Å². The first kappa shape index (κ1) is 13.3. The van der Waals surface area contributed by atoms with Crippen LogP contribution in [0.2, 0.25) is 0 Å². The van der Waals surface area contributed by atoms with Crippen molar-refractivity contribution in [3.63, 3.8) is 0 Å². The van der Waals surface area contributed by atoms with E-state index in [2.05, 4.69) is 12.2 Å². The summed E-state index contributed by atoms with van der Waals surface area (Å²) in [5.41, 5.74) is 0.817. The predicted molar refractivity (Wildman–Crippen MR) is 71.6 cm³/mol. The molecule has 2 unspecified atom stereocenters. The Morgan fingerprint density at radius 3 is 2.94 bits per heavy atom. The lowest BCUT2D eigenvalue weighted by Crippen LogP contribution is -2.33. The maximum Gasteiger partial charge on any atom is 0.168 e. The Morgan fingerprint density at radius 2 is 2.22 bits per heavy atom. The number of nitrogens with one attached hydrogen (secondary N) is 1. The molecule has 1 aliphatic carbocycles. The van der Waals surface area contributed by atoms with E-state index in [0.717, 1.165) is 24.9 Å². The summed E-state index contributed by atoms with van der Waals surface area (Å²) in [5, 5.41) is 3.48. The van der Waals surface area contributed by atoms with Gasteiger partial charge in [0, 0.05) is 6.04 Å². The van der Waals surface area contributed by atoms with Crippen molar-refractivity contribution in [2.75, 3.05) is 13.7 Å². The topological polar surface area (TPSA) is 21.3 Å². The van der Waals surface area contributed by atoms with Crippen LogP contribution in [-0.4, -0.2) is 19.7 Å². The normalized spacial score (nSPS) is 23.9. The van der Waals surface area contributed by atoms with Crippen molar-refractivity contribution in [3.8, 4) is 5.75 Å². The summed E-state index contributed by atoms with van der Waals surface area (Å²) in [7, 11) is 1.52. The molecular formula is C15H22FNO. The smallest absolute Gasteiger partial charge is 0.168 e. The quantitative estimate of drug-likeness (QED) is 0.884. The minimum atomic E-state index is -0.179. The van der Waals surface area contributed by atoms with E-state index in [1.54, 1.807) is 6.07 Å². The maximum atomic E-state index is 14.2. The highest BCUT2D eigenvalue weighted by atomic mass is 19.1. The Labute approximate surface area is 109 Å². The monoisotopic (exact) mass is 251 g/mol. The van der Waals surface area contributed by atoms with Crippen molar-refractivity contribution in [2.24, 2.45) is 0 Å². The van der Waals surface area contributed by atoms with Crippen molar-refractivity contribution in [1.82, 2.24) is 5.32 Å². The summed E-state index contributed by atoms with van der Waals surface area (Å²) in [4.78, 5) is 0. The fourth-order valence-electron chi connectivity index (χ4n) is 2.95. The molecule has 1 aromatic carbocycles. The van der Waals surface area contributed by atoms with E-state index < -0.39 is 0 Å². The molecule has 2 nitrogen and oxygen atoms in total. The van der Waals surface area contributed by atoms with E-state index in [0.29, 0.717) is 17.7 Å². The Morgan fingerprint density at radius 1 is 1.39 bits per heavy atom. The van der Waals surface area contributed by atoms with Gasteiger partial charge in [-0.2, -0.15) is 0 Å². The van der Waals surface area contributed by atoms with Crippen molar-refractivity contribution < 1.29 is 9.13 Å². The van der Waals surface area contributed by atoms with E-state index in [4.69, 9.17) is 4.74 Å². The minimum Gasteiger partial charge on any atom is -0.494 e. The Balaban J connectivity index is 2.15. The Bertz CT molecular complexity index is 392. The molecule has 2 atom stereocenters. The highest BCUT2D eigenvalue weighted by Gasteiger charge is 2.25. The van der Waals surface area contributed by atoms with Crippen molar-refractivity contribution in [3.05, 3.63) is 29.6 Å². The summed E-state index contributed by atoms with van der Waals surface area (Å²) in [5.74, 6) is 0.498. The van der Waals surface area contributed by atoms with Gasteiger partial charge in [0.15, 0.2) is 11.6 Å². The number of rotatable bonds is 4. The van der Waals surface area contributed by atoms with Gasteiger partial charge in [-0.05, 0) is 43.4 Å². The van der Waals surface area contributed by atoms with Gasteiger partial charge in [0.2, 0.25) is 0 Å². The first-order valence-corrected chi connectivity index (χ1v) is 6.82. The molecule has 1 aromatic rings. The molecule has 2 rings (SSSR count). The second-order valence-electron chi connectivity index (χ2n) is 4.98. The van der Waals surface area contributed by atoms with Crippen LogP contribution >= 0.6 is 0 Å². The van der Waals surface area contributed by atoms with Crippen LogP contribution in [-0.2, 0) is 0 Å². The average molecular weight is 251 g/mol. The molecular weight excluding hydrogens is 229 g/mol. The largest absolute Gasteiger partial charge is 0.494 e. The third-order valence-corrected chi connectivity index (χ3v) is 3.82. The summed E-state index contributed by atoms with van der Waals surface area (Å²) in [6.45, 7) is 3.10. The molecule has 1 fully saturated rings. The molecule has 100 valence electrons. The molecule has 0 bridgehead atoms. The lowest BCUT2D eigenvalue weighted by molar-refractivity contribution is 0.332. The highest BCUT2D eigenvalue weighted by Crippen LogP contribution is 2.36. The average Bonchev–Trinajstić information content (AvgIpc) is 2.40. The third kappa shape index (κ3) is 2.83. The molecule has 1 saturated carbocycles. The first-order chi connectivity index (χ1) is 8.76. The molecule has 18 heavy (non-hydrogen) atoms. The molecule has 3 heteroatoms. The highest BCUT2D eigenvalue weighted by molar-refractivity contribution is 5.33. The molecule has 0 amide bonds. The summed E-state index contributed by atoms with van der Waals surface area (Å²) in [6.07, 6.45) is 4.47. The summed E-state index contributed by atoms with van der Waals surface area (Å²) >= 11 is 0. The van der Waals surface area contributed by atoms with Gasteiger partial charge in [0.25, 0.3) is 0 Å². The molecule has 0 aliphatic heterocycles. The van der Waals surface area contributed by atoms with Crippen LogP contribution in [0.4, 0.5) is 4.39 Å². The second-order valence-corrected chi connectivity index (χ2v) is 4.98. The number of hydrogen-bond donors (Lipinski definition) is 1. The first-order valence-electron chi connectivity index (χ1n) is 6.82. The Hall–Kier alpha value is -1.09. The van der Waals surface area contributed by atoms with Crippen LogP contribution in [0.25, 0.3) is 0 Å². The minimum absolute atomic E-state index is 0.179. The zero-order valence-corrected chi connectivity index (χ0v) is 11.2. The van der Waals surface area contributed by atoms with Gasteiger partial charge in [0.05, 0.1) is 7.11 Å². The number of halogens is 1. The molecule has 0 heterocycles. The summed E-state index contributed by atoms with van der Waals surface area (Å²) < 4.78 is 19.3. The fourth-order valence-corrected chi connectivity index (χ4v) is 2.95. The summed E-state index contributed by atoms with van der Waals surface area (Å²) in [6, 6.07) is 5.99. The molecule has 1 aliphatic rings. The van der Waals surface area contributed by atoms with Crippen LogP contribution in [0.15, 0.2) is 18.2 Å². The third-order valence-electron chi connectivity index (χ3n) is 3.82. The zero-order chi connectivity index (χ0) is 13.0. The lowest BCUT2D eigenvalue weighted by atomic mass is 9.81. The predicted octanol–water partition coefficient (Wildman–Crippen LogP) is 3.47. The van der Waals surface area contributed by atoms with E-state index in [-0.39, 0.29) is 5.82 Å². The van der Waals surface area contributed by atoms with Crippen LogP contribution in [0.1, 0.15) is 44.1 Å². The molecule has 0 saturated heterocycles. The lowest BCUT2D eigenvalue weighted by Gasteiger charge is -2.30. The van der Waals surface area contributed by atoms with Crippen molar-refractivity contribution >= 4 is 0 Å². The van der Waals surface area contributed by atoms with Gasteiger partial charge in [-0.15, -0.1) is 0 Å². The van der Waals surface area contributed by atoms with E-state index in [1.165, 1.54) is 20.0 Å². The molecule has 0 radical (unpaired) electrons. The number of methoxy groups -OCH3 is 1. The number of hydrogen-bond acceptors (Lipinski definition) is 2. The van der Waals surface area contributed by atoms with Crippen LogP contribution in [0.3, 0.4) is 0 Å². The van der Waals surface area contributed by atoms with Crippen LogP contribution in [0, 0.1) is 5.82 Å². The van der Waals surface area contributed by atoms with Gasteiger partial charge in [-0.1, -0.05) is 25.5 Å². The number of ether oxygens (including phenoxy) is 1. The standard InChI is InChI=1S/C15H22FNO/c1-3-17-12-7-4-6-11(10-12)13-8-5-9-14(18-2)15(13)16/h5,8-9,11-12,17H,3-4,6-7,10H2,1-2H3. The fraction of sp³-hybridized carbons (Fsp3) is 0.600. The van der Waals surface area contributed by atoms with E-state index in [9.17, 15) is 4.39 Å². The van der Waals surface area contributed by atoms with E-state index >= 15 is 0 Å². The SMILES string of the molecule is CCNC1CCCC(c2cccc(OC)c2F)C1. The van der Waals surface area contributed by atoms with Crippen LogP contribution in [0.5, 0.6) is 5.75 Å². The van der Waals surface area contributed by atoms with Crippen molar-refractivity contribution in [1.29, 1.82) is 0 Å². The van der Waals surface area contributed by atoms with Crippen molar-refractivity contribution in [2.45, 2.75) is 44.6 Å². The van der Waals surface area contributed by atoms with Gasteiger partial charge in [-0.25, -0.2) is 4.39 Å². The van der Waals surface area contributed by atoms with Gasteiger partial charge in [0.1, 0.15) is 0 Å². The zero-order valence-electron chi connectivity index (χ0n) is 11.2. The van der Waals surface area contributed by atoms with Gasteiger partial charge >= 0.3 is 0 Å². The number of benzene rings is 1. The van der Waals surface area contributed by atoms with Gasteiger partial charge < -0.3 is 10.1 Å². The molecule has 1 N–H and O–H groups in total.